The summed E-state index contributed by atoms with van der Waals surface area (Å²) in [7, 11) is 7.46. The summed E-state index contributed by atoms with van der Waals surface area (Å²) in [4.78, 5) is 18.6. The van der Waals surface area contributed by atoms with Gasteiger partial charge < -0.3 is 24.0 Å². The highest BCUT2D eigenvalue weighted by Gasteiger charge is 2.23. The summed E-state index contributed by atoms with van der Waals surface area (Å²) in [5.74, 6) is 1.43. The summed E-state index contributed by atoms with van der Waals surface area (Å²) in [5.41, 5.74) is 1.14. The monoisotopic (exact) mass is 485 g/mol. The van der Waals surface area contributed by atoms with E-state index in [1.54, 1.807) is 14.2 Å². The Bertz CT molecular complexity index is 664. The molecule has 1 heterocycles. The van der Waals surface area contributed by atoms with Crippen molar-refractivity contribution >= 4 is 22.0 Å². The Hall–Kier alpha value is -1.51. The van der Waals surface area contributed by atoms with Crippen LogP contribution in [0, 0.1) is 0 Å². The van der Waals surface area contributed by atoms with Crippen LogP contribution in [0.25, 0.3) is 0 Å². The third-order valence-corrected chi connectivity index (χ3v) is 6.04. The van der Waals surface area contributed by atoms with Crippen molar-refractivity contribution in [3.63, 3.8) is 0 Å². The molecule has 1 aliphatic heterocycles. The maximum atomic E-state index is 12.3. The van der Waals surface area contributed by atoms with E-state index in [4.69, 9.17) is 14.2 Å². The lowest BCUT2D eigenvalue weighted by atomic mass is 10.1. The van der Waals surface area contributed by atoms with Crippen LogP contribution in [0.5, 0.6) is 11.5 Å². The zero-order valence-electron chi connectivity index (χ0n) is 18.8. The number of piperazine rings is 1. The van der Waals surface area contributed by atoms with Crippen LogP contribution in [0.1, 0.15) is 31.2 Å². The lowest BCUT2D eigenvalue weighted by molar-refractivity contribution is 0.0733. The number of rotatable bonds is 11. The van der Waals surface area contributed by atoms with Gasteiger partial charge >= 0.3 is 6.09 Å². The van der Waals surface area contributed by atoms with E-state index in [-0.39, 0.29) is 6.09 Å². The minimum atomic E-state index is -0.185. The second-order valence-electron chi connectivity index (χ2n) is 7.89. The summed E-state index contributed by atoms with van der Waals surface area (Å²) in [5, 5.41) is 0. The number of nitrogens with zero attached hydrogens (tertiary/aromatic N) is 3. The average Bonchev–Trinajstić information content (AvgIpc) is 2.74. The van der Waals surface area contributed by atoms with E-state index in [0.717, 1.165) is 54.8 Å². The molecule has 1 aromatic carbocycles. The fourth-order valence-corrected chi connectivity index (χ4v) is 3.93. The van der Waals surface area contributed by atoms with Crippen LogP contribution >= 0.6 is 15.9 Å². The first-order valence-corrected chi connectivity index (χ1v) is 11.4. The molecule has 0 radical (unpaired) electrons. The Balaban J connectivity index is 1.69. The first-order chi connectivity index (χ1) is 14.4. The fraction of sp³-hybridized carbons (Fsp3) is 0.682. The Labute approximate surface area is 189 Å². The molecule has 1 aliphatic rings. The molecule has 1 aromatic rings. The standard InChI is InChI=1S/C22H36BrN3O4/c1-24(2)9-7-5-6-8-14-30-22(27)26-12-10-25(11-13-26)17-18-15-20(28-3)21(29-4)16-19(18)23/h15-16H,5-14,17H2,1-4H3. The Morgan fingerprint density at radius 2 is 1.63 bits per heavy atom. The smallest absolute Gasteiger partial charge is 0.409 e. The summed E-state index contributed by atoms with van der Waals surface area (Å²) < 4.78 is 17.2. The average molecular weight is 486 g/mol. The number of carbonyl (C=O) groups excluding carboxylic acids is 1. The number of halogens is 1. The van der Waals surface area contributed by atoms with E-state index < -0.39 is 0 Å². The molecule has 7 nitrogen and oxygen atoms in total. The van der Waals surface area contributed by atoms with Crippen LogP contribution in [0.15, 0.2) is 16.6 Å². The topological polar surface area (TPSA) is 54.5 Å². The van der Waals surface area contributed by atoms with E-state index in [0.29, 0.717) is 25.4 Å². The van der Waals surface area contributed by atoms with Crippen molar-refractivity contribution in [2.75, 3.05) is 67.6 Å². The van der Waals surface area contributed by atoms with Crippen molar-refractivity contribution < 1.29 is 19.0 Å². The largest absolute Gasteiger partial charge is 0.493 e. The lowest BCUT2D eigenvalue weighted by Crippen LogP contribution is -2.48. The molecular formula is C22H36BrN3O4. The van der Waals surface area contributed by atoms with Gasteiger partial charge in [-0.15, -0.1) is 0 Å². The van der Waals surface area contributed by atoms with Gasteiger partial charge in [-0.25, -0.2) is 4.79 Å². The number of hydrogen-bond donors (Lipinski definition) is 0. The maximum Gasteiger partial charge on any atom is 0.409 e. The van der Waals surface area contributed by atoms with Gasteiger partial charge in [-0.2, -0.15) is 0 Å². The molecule has 1 amide bonds. The highest BCUT2D eigenvalue weighted by atomic mass is 79.9. The molecule has 1 saturated heterocycles. The normalized spacial score (nSPS) is 14.8. The van der Waals surface area contributed by atoms with E-state index >= 15 is 0 Å². The number of benzene rings is 1. The zero-order chi connectivity index (χ0) is 21.9. The first-order valence-electron chi connectivity index (χ1n) is 10.6. The molecule has 0 spiro atoms. The van der Waals surface area contributed by atoms with Crippen molar-refractivity contribution in [1.29, 1.82) is 0 Å². The van der Waals surface area contributed by atoms with Gasteiger partial charge in [0.2, 0.25) is 0 Å². The minimum absolute atomic E-state index is 0.185. The van der Waals surface area contributed by atoms with Crippen LogP contribution in [0.2, 0.25) is 0 Å². The number of carbonyl (C=O) groups is 1. The summed E-state index contributed by atoms with van der Waals surface area (Å²) in [6.45, 7) is 5.43. The van der Waals surface area contributed by atoms with Crippen molar-refractivity contribution in [2.45, 2.75) is 32.2 Å². The molecule has 0 aliphatic carbocycles. The zero-order valence-corrected chi connectivity index (χ0v) is 20.4. The Morgan fingerprint density at radius 1 is 1.00 bits per heavy atom. The number of ether oxygens (including phenoxy) is 3. The molecule has 0 aromatic heterocycles. The number of unbranched alkanes of at least 4 members (excludes halogenated alkanes) is 3. The van der Waals surface area contributed by atoms with Gasteiger partial charge in [0.05, 0.1) is 20.8 Å². The Kier molecular flexibility index (Phi) is 10.7. The number of hydrogen-bond acceptors (Lipinski definition) is 6. The third-order valence-electron chi connectivity index (χ3n) is 5.30. The predicted molar refractivity (Wildman–Crippen MR) is 122 cm³/mol. The minimum Gasteiger partial charge on any atom is -0.493 e. The van der Waals surface area contributed by atoms with Gasteiger partial charge in [0.15, 0.2) is 11.5 Å². The molecule has 0 saturated carbocycles. The summed E-state index contributed by atoms with van der Waals surface area (Å²) in [6.07, 6.45) is 4.23. The number of methoxy groups -OCH3 is 2. The highest BCUT2D eigenvalue weighted by Crippen LogP contribution is 2.34. The molecule has 2 rings (SSSR count). The van der Waals surface area contributed by atoms with Gasteiger partial charge in [-0.05, 0) is 51.2 Å². The third kappa shape index (κ3) is 7.96. The molecule has 0 N–H and O–H groups in total. The van der Waals surface area contributed by atoms with Crippen LogP contribution < -0.4 is 9.47 Å². The second-order valence-corrected chi connectivity index (χ2v) is 8.75. The predicted octanol–water partition coefficient (Wildman–Crippen LogP) is 3.84. The van der Waals surface area contributed by atoms with Gasteiger partial charge in [-0.1, -0.05) is 28.8 Å². The summed E-state index contributed by atoms with van der Waals surface area (Å²) in [6, 6.07) is 3.93. The van der Waals surface area contributed by atoms with Gasteiger partial charge in [0.1, 0.15) is 0 Å². The lowest BCUT2D eigenvalue weighted by Gasteiger charge is -2.34. The van der Waals surface area contributed by atoms with Crippen LogP contribution in [-0.4, -0.2) is 88.4 Å². The SMILES string of the molecule is COc1cc(Br)c(CN2CCN(C(=O)OCCCCCCN(C)C)CC2)cc1OC. The molecule has 1 fully saturated rings. The molecule has 0 atom stereocenters. The highest BCUT2D eigenvalue weighted by molar-refractivity contribution is 9.10. The van der Waals surface area contributed by atoms with Crippen LogP contribution in [0.4, 0.5) is 4.79 Å². The van der Waals surface area contributed by atoms with Crippen molar-refractivity contribution in [3.05, 3.63) is 22.2 Å². The molecule has 170 valence electrons. The molecule has 0 unspecified atom stereocenters. The molecule has 30 heavy (non-hydrogen) atoms. The van der Waals surface area contributed by atoms with E-state index in [2.05, 4.69) is 39.8 Å². The fourth-order valence-electron chi connectivity index (χ4n) is 3.48. The van der Waals surface area contributed by atoms with Gasteiger partial charge in [0, 0.05) is 37.2 Å². The van der Waals surface area contributed by atoms with E-state index in [9.17, 15) is 4.79 Å². The van der Waals surface area contributed by atoms with Gasteiger partial charge in [0.25, 0.3) is 0 Å². The summed E-state index contributed by atoms with van der Waals surface area (Å²) >= 11 is 3.62. The van der Waals surface area contributed by atoms with Crippen LogP contribution in [0.3, 0.4) is 0 Å². The van der Waals surface area contributed by atoms with Crippen molar-refractivity contribution in [3.8, 4) is 11.5 Å². The molecular weight excluding hydrogens is 450 g/mol. The van der Waals surface area contributed by atoms with Gasteiger partial charge in [-0.3, -0.25) is 4.90 Å². The van der Waals surface area contributed by atoms with Crippen LogP contribution in [-0.2, 0) is 11.3 Å². The van der Waals surface area contributed by atoms with E-state index in [1.165, 1.54) is 12.8 Å². The first kappa shape index (κ1) is 24.8. The Morgan fingerprint density at radius 3 is 2.27 bits per heavy atom. The number of amides is 1. The maximum absolute atomic E-state index is 12.3. The second kappa shape index (κ2) is 13.0. The molecule has 8 heteroatoms. The van der Waals surface area contributed by atoms with E-state index in [1.807, 2.05) is 17.0 Å². The molecule has 0 bridgehead atoms. The van der Waals surface area contributed by atoms with Crippen molar-refractivity contribution in [2.24, 2.45) is 0 Å². The van der Waals surface area contributed by atoms with Crippen molar-refractivity contribution in [1.82, 2.24) is 14.7 Å². The quantitative estimate of drug-likeness (QED) is 0.443.